The van der Waals surface area contributed by atoms with E-state index in [2.05, 4.69) is 15.0 Å². The molecule has 24 heavy (non-hydrogen) atoms. The van der Waals surface area contributed by atoms with Crippen molar-refractivity contribution >= 4 is 29.0 Å². The van der Waals surface area contributed by atoms with Gasteiger partial charge in [-0.05, 0) is 19.9 Å². The van der Waals surface area contributed by atoms with Gasteiger partial charge in [0, 0.05) is 23.5 Å². The topological polar surface area (TPSA) is 120 Å². The van der Waals surface area contributed by atoms with E-state index in [1.165, 1.54) is 25.3 Å². The lowest BCUT2D eigenvalue weighted by molar-refractivity contribution is -0.384. The van der Waals surface area contributed by atoms with Gasteiger partial charge in [0.25, 0.3) is 5.69 Å². The molecule has 0 saturated heterocycles. The van der Waals surface area contributed by atoms with E-state index in [4.69, 9.17) is 4.74 Å². The highest BCUT2D eigenvalue weighted by Gasteiger charge is 2.23. The van der Waals surface area contributed by atoms with E-state index in [1.807, 2.05) is 0 Å². The number of aliphatic imine (C=N–C) groups is 1. The van der Waals surface area contributed by atoms with Crippen LogP contribution in [0, 0.1) is 10.1 Å². The normalized spacial score (nSPS) is 12.2. The molecule has 0 spiro atoms. The minimum absolute atomic E-state index is 0.119. The van der Waals surface area contributed by atoms with Gasteiger partial charge in [0.2, 0.25) is 0 Å². The molecule has 0 aliphatic rings. The molecule has 1 unspecified atom stereocenters. The van der Waals surface area contributed by atoms with Crippen LogP contribution in [-0.2, 0) is 19.1 Å². The summed E-state index contributed by atoms with van der Waals surface area (Å²) in [5.74, 6) is -1.15. The third-order valence-corrected chi connectivity index (χ3v) is 2.99. The van der Waals surface area contributed by atoms with E-state index in [9.17, 15) is 19.7 Å². The van der Waals surface area contributed by atoms with Gasteiger partial charge in [-0.1, -0.05) is 6.07 Å². The lowest BCUT2D eigenvalue weighted by Gasteiger charge is -2.18. The molecular formula is C15H19N3O6. The fraction of sp³-hybridized carbons (Fsp3) is 0.400. The second-order valence-corrected chi connectivity index (χ2v) is 4.67. The van der Waals surface area contributed by atoms with Gasteiger partial charge < -0.3 is 14.8 Å². The SMILES string of the molecule is CCOC(=O)C(Nc1cccc([N+](=O)[O-])c1)C(C)=NCC(=O)OC. The Kier molecular flexibility index (Phi) is 7.34. The number of benzene rings is 1. The molecule has 130 valence electrons. The van der Waals surface area contributed by atoms with Gasteiger partial charge in [-0.15, -0.1) is 0 Å². The second-order valence-electron chi connectivity index (χ2n) is 4.67. The van der Waals surface area contributed by atoms with E-state index in [1.54, 1.807) is 19.9 Å². The zero-order valence-electron chi connectivity index (χ0n) is 13.6. The predicted octanol–water partition coefficient (Wildman–Crippen LogP) is 1.57. The number of ether oxygens (including phenoxy) is 2. The van der Waals surface area contributed by atoms with Crippen LogP contribution in [0.25, 0.3) is 0 Å². The standard InChI is InChI=1S/C15H19N3O6/c1-4-24-15(20)14(10(2)16-9-13(19)23-3)17-11-6-5-7-12(8-11)18(21)22/h5-8,14,17H,4,9H2,1-3H3. The van der Waals surface area contributed by atoms with Crippen LogP contribution in [0.3, 0.4) is 0 Å². The maximum Gasteiger partial charge on any atom is 0.334 e. The van der Waals surface area contributed by atoms with Crippen molar-refractivity contribution in [3.8, 4) is 0 Å². The molecule has 1 N–H and O–H groups in total. The quantitative estimate of drug-likeness (QED) is 0.331. The van der Waals surface area contributed by atoms with E-state index in [-0.39, 0.29) is 18.8 Å². The Hall–Kier alpha value is -2.97. The third-order valence-electron chi connectivity index (χ3n) is 2.99. The molecule has 1 aromatic rings. The van der Waals surface area contributed by atoms with Crippen molar-refractivity contribution in [3.63, 3.8) is 0 Å². The average molecular weight is 337 g/mol. The number of carbonyl (C=O) groups excluding carboxylic acids is 2. The van der Waals surface area contributed by atoms with Gasteiger partial charge in [0.05, 0.1) is 18.6 Å². The first-order chi connectivity index (χ1) is 11.4. The van der Waals surface area contributed by atoms with Crippen LogP contribution in [0.15, 0.2) is 29.3 Å². The molecule has 0 saturated carbocycles. The molecule has 0 bridgehead atoms. The van der Waals surface area contributed by atoms with Crippen molar-refractivity contribution in [2.24, 2.45) is 4.99 Å². The monoisotopic (exact) mass is 337 g/mol. The zero-order chi connectivity index (χ0) is 18.1. The number of nitro benzene ring substituents is 1. The Balaban J connectivity index is 3.01. The highest BCUT2D eigenvalue weighted by atomic mass is 16.6. The number of methoxy groups -OCH3 is 1. The first kappa shape index (κ1) is 19.1. The number of hydrogen-bond donors (Lipinski definition) is 1. The van der Waals surface area contributed by atoms with Crippen LogP contribution < -0.4 is 5.32 Å². The maximum atomic E-state index is 12.1. The van der Waals surface area contributed by atoms with Crippen LogP contribution in [-0.4, -0.2) is 48.9 Å². The van der Waals surface area contributed by atoms with Crippen molar-refractivity contribution in [1.82, 2.24) is 0 Å². The smallest absolute Gasteiger partial charge is 0.334 e. The molecule has 1 atom stereocenters. The molecule has 1 rings (SSSR count). The van der Waals surface area contributed by atoms with Crippen molar-refractivity contribution < 1.29 is 24.0 Å². The van der Waals surface area contributed by atoms with E-state index in [0.29, 0.717) is 11.4 Å². The van der Waals surface area contributed by atoms with E-state index in [0.717, 1.165) is 0 Å². The number of anilines is 1. The minimum atomic E-state index is -0.975. The van der Waals surface area contributed by atoms with Crippen molar-refractivity contribution in [1.29, 1.82) is 0 Å². The highest BCUT2D eigenvalue weighted by Crippen LogP contribution is 2.18. The van der Waals surface area contributed by atoms with Gasteiger partial charge in [-0.3, -0.25) is 19.9 Å². The summed E-state index contributed by atoms with van der Waals surface area (Å²) in [7, 11) is 1.23. The number of nitrogens with one attached hydrogen (secondary N) is 1. The first-order valence-electron chi connectivity index (χ1n) is 7.14. The van der Waals surface area contributed by atoms with Crippen molar-refractivity contribution in [3.05, 3.63) is 34.4 Å². The number of nitro groups is 1. The fourth-order valence-corrected chi connectivity index (χ4v) is 1.78. The number of nitrogens with zero attached hydrogens (tertiary/aromatic N) is 2. The van der Waals surface area contributed by atoms with Gasteiger partial charge in [-0.25, -0.2) is 4.79 Å². The van der Waals surface area contributed by atoms with Crippen LogP contribution >= 0.6 is 0 Å². The molecule has 9 nitrogen and oxygen atoms in total. The Morgan fingerprint density at radius 1 is 1.42 bits per heavy atom. The molecule has 1 aromatic carbocycles. The fourth-order valence-electron chi connectivity index (χ4n) is 1.78. The molecule has 0 aliphatic heterocycles. The molecular weight excluding hydrogens is 318 g/mol. The molecule has 0 fully saturated rings. The summed E-state index contributed by atoms with van der Waals surface area (Å²) < 4.78 is 9.47. The number of non-ortho nitro benzene ring substituents is 1. The largest absolute Gasteiger partial charge is 0.468 e. The lowest BCUT2D eigenvalue weighted by Crippen LogP contribution is -2.38. The van der Waals surface area contributed by atoms with E-state index >= 15 is 0 Å². The number of carbonyl (C=O) groups is 2. The van der Waals surface area contributed by atoms with Crippen molar-refractivity contribution in [2.75, 3.05) is 25.6 Å². The summed E-state index contributed by atoms with van der Waals surface area (Å²) in [6, 6.07) is 4.72. The van der Waals surface area contributed by atoms with Crippen molar-refractivity contribution in [2.45, 2.75) is 19.9 Å². The maximum absolute atomic E-state index is 12.1. The number of rotatable bonds is 8. The Morgan fingerprint density at radius 3 is 2.71 bits per heavy atom. The predicted molar refractivity (Wildman–Crippen MR) is 87.1 cm³/mol. The summed E-state index contributed by atoms with van der Waals surface area (Å²) in [6.07, 6.45) is 0. The molecule has 0 radical (unpaired) electrons. The Bertz CT molecular complexity index is 644. The van der Waals surface area contributed by atoms with Gasteiger partial charge in [0.1, 0.15) is 6.54 Å². The van der Waals surface area contributed by atoms with Gasteiger partial charge in [0.15, 0.2) is 6.04 Å². The molecule has 0 amide bonds. The zero-order valence-corrected chi connectivity index (χ0v) is 13.6. The Morgan fingerprint density at radius 2 is 2.12 bits per heavy atom. The molecule has 0 aromatic heterocycles. The van der Waals surface area contributed by atoms with Crippen LogP contribution in [0.5, 0.6) is 0 Å². The van der Waals surface area contributed by atoms with Crippen LogP contribution in [0.4, 0.5) is 11.4 Å². The molecule has 9 heteroatoms. The van der Waals surface area contributed by atoms with Gasteiger partial charge in [-0.2, -0.15) is 0 Å². The van der Waals surface area contributed by atoms with Gasteiger partial charge >= 0.3 is 11.9 Å². The van der Waals surface area contributed by atoms with Crippen LogP contribution in [0.2, 0.25) is 0 Å². The summed E-state index contributed by atoms with van der Waals surface area (Å²) in [6.45, 7) is 3.13. The molecule has 0 heterocycles. The summed E-state index contributed by atoms with van der Waals surface area (Å²) >= 11 is 0. The lowest BCUT2D eigenvalue weighted by atomic mass is 10.1. The Labute approximate surface area is 138 Å². The van der Waals surface area contributed by atoms with E-state index < -0.39 is 22.9 Å². The molecule has 0 aliphatic carbocycles. The first-order valence-corrected chi connectivity index (χ1v) is 7.14. The number of hydrogen-bond acceptors (Lipinski definition) is 8. The summed E-state index contributed by atoms with van der Waals surface area (Å²) in [5.41, 5.74) is 0.534. The van der Waals surface area contributed by atoms with Crippen LogP contribution in [0.1, 0.15) is 13.8 Å². The summed E-state index contributed by atoms with van der Waals surface area (Å²) in [5, 5.41) is 13.7. The highest BCUT2D eigenvalue weighted by molar-refractivity contribution is 6.07. The minimum Gasteiger partial charge on any atom is -0.468 e. The second kappa shape index (κ2) is 9.23. The summed E-state index contributed by atoms with van der Waals surface area (Å²) in [4.78, 5) is 37.6. The number of esters is 2. The average Bonchev–Trinajstić information content (AvgIpc) is 2.57. The third kappa shape index (κ3) is 5.67.